The van der Waals surface area contributed by atoms with E-state index in [4.69, 9.17) is 16.9 Å². The predicted molar refractivity (Wildman–Crippen MR) is 122 cm³/mol. The molecule has 0 aromatic heterocycles. The molecule has 29 heavy (non-hydrogen) atoms. The van der Waals surface area contributed by atoms with E-state index in [0.717, 1.165) is 35.6 Å². The molecule has 3 aromatic rings. The third-order valence-corrected chi connectivity index (χ3v) is 4.60. The van der Waals surface area contributed by atoms with Gasteiger partial charge in [-0.3, -0.25) is 10.4 Å². The summed E-state index contributed by atoms with van der Waals surface area (Å²) in [7, 11) is 1.69. The van der Waals surface area contributed by atoms with Gasteiger partial charge >= 0.3 is 0 Å². The van der Waals surface area contributed by atoms with E-state index in [1.165, 1.54) is 11.1 Å². The highest BCUT2D eigenvalue weighted by atomic mass is 14.9. The highest BCUT2D eigenvalue weighted by Crippen LogP contribution is 2.14. The number of nitrogen functional groups attached to an aromatic ring is 1. The van der Waals surface area contributed by atoms with E-state index in [1.54, 1.807) is 7.05 Å². The second kappa shape index (κ2) is 9.41. The summed E-state index contributed by atoms with van der Waals surface area (Å²) in [6.07, 6.45) is 0. The van der Waals surface area contributed by atoms with Gasteiger partial charge in [0.2, 0.25) is 0 Å². The number of nitrogens with one attached hydrogen (secondary N) is 3. The second-order valence-electron chi connectivity index (χ2n) is 6.70. The fourth-order valence-corrected chi connectivity index (χ4v) is 2.91. The van der Waals surface area contributed by atoms with Crippen LogP contribution in [0.4, 0.5) is 11.4 Å². The third kappa shape index (κ3) is 5.59. The lowest BCUT2D eigenvalue weighted by molar-refractivity contribution is 1.10. The van der Waals surface area contributed by atoms with Crippen LogP contribution in [0.1, 0.15) is 22.3 Å². The normalized spacial score (nSPS) is 11.1. The molecule has 0 saturated heterocycles. The van der Waals surface area contributed by atoms with Crippen molar-refractivity contribution in [2.45, 2.75) is 13.1 Å². The number of hydrogen-bond donors (Lipinski definition) is 5. The SMILES string of the molecule is CN=C(N)c1ccc(NCc2cccc(CNc3ccc(C(=N)N)cc3)c2)cc1. The van der Waals surface area contributed by atoms with Gasteiger partial charge in [0.25, 0.3) is 0 Å². The van der Waals surface area contributed by atoms with Crippen LogP contribution in [0.5, 0.6) is 0 Å². The van der Waals surface area contributed by atoms with E-state index in [2.05, 4.69) is 39.9 Å². The molecule has 0 saturated carbocycles. The van der Waals surface area contributed by atoms with Crippen molar-refractivity contribution >= 4 is 23.0 Å². The lowest BCUT2D eigenvalue weighted by atomic mass is 10.1. The van der Waals surface area contributed by atoms with Crippen LogP contribution in [0.2, 0.25) is 0 Å². The molecule has 0 fully saturated rings. The van der Waals surface area contributed by atoms with Gasteiger partial charge in [-0.1, -0.05) is 24.3 Å². The van der Waals surface area contributed by atoms with Crippen LogP contribution in [0.25, 0.3) is 0 Å². The van der Waals surface area contributed by atoms with Gasteiger partial charge in [0, 0.05) is 42.6 Å². The molecule has 0 spiro atoms. The lowest BCUT2D eigenvalue weighted by Crippen LogP contribution is -2.12. The first-order chi connectivity index (χ1) is 14.0. The fourth-order valence-electron chi connectivity index (χ4n) is 2.91. The van der Waals surface area contributed by atoms with Gasteiger partial charge in [0.15, 0.2) is 0 Å². The quantitative estimate of drug-likeness (QED) is 0.301. The van der Waals surface area contributed by atoms with E-state index >= 15 is 0 Å². The summed E-state index contributed by atoms with van der Waals surface area (Å²) in [5.74, 6) is 0.612. The Morgan fingerprint density at radius 1 is 0.793 bits per heavy atom. The molecule has 7 N–H and O–H groups in total. The van der Waals surface area contributed by atoms with Crippen molar-refractivity contribution in [3.05, 3.63) is 95.1 Å². The standard InChI is InChI=1S/C23H26N6/c1-27-23(26)19-7-11-21(12-8-19)29-15-17-4-2-3-16(13-17)14-28-20-9-5-18(6-10-20)22(24)25/h2-13,28-29H,14-15H2,1H3,(H3,24,25)(H2,26,27). The third-order valence-electron chi connectivity index (χ3n) is 4.60. The van der Waals surface area contributed by atoms with Crippen LogP contribution < -0.4 is 22.1 Å². The van der Waals surface area contributed by atoms with E-state index in [1.807, 2.05) is 48.5 Å². The summed E-state index contributed by atoms with van der Waals surface area (Å²) in [5.41, 5.74) is 17.4. The van der Waals surface area contributed by atoms with Crippen molar-refractivity contribution in [2.75, 3.05) is 17.7 Å². The zero-order valence-electron chi connectivity index (χ0n) is 16.4. The first-order valence-electron chi connectivity index (χ1n) is 9.38. The van der Waals surface area contributed by atoms with Crippen molar-refractivity contribution in [3.8, 4) is 0 Å². The lowest BCUT2D eigenvalue weighted by Gasteiger charge is -2.11. The average Bonchev–Trinajstić information content (AvgIpc) is 2.76. The molecular formula is C23H26N6. The summed E-state index contributed by atoms with van der Waals surface area (Å²) in [6, 6.07) is 23.9. The number of nitrogens with two attached hydrogens (primary N) is 2. The van der Waals surface area contributed by atoms with Crippen molar-refractivity contribution in [1.29, 1.82) is 5.41 Å². The number of amidine groups is 2. The number of rotatable bonds is 8. The minimum absolute atomic E-state index is 0.0772. The molecule has 0 aliphatic carbocycles. The fraction of sp³-hybridized carbons (Fsp3) is 0.130. The Bertz CT molecular complexity index is 991. The molecule has 0 atom stereocenters. The average molecular weight is 387 g/mol. The monoisotopic (exact) mass is 386 g/mol. The van der Waals surface area contributed by atoms with Crippen LogP contribution in [0.15, 0.2) is 77.8 Å². The maximum atomic E-state index is 7.45. The van der Waals surface area contributed by atoms with Crippen LogP contribution >= 0.6 is 0 Å². The Balaban J connectivity index is 1.56. The minimum atomic E-state index is 0.0772. The Morgan fingerprint density at radius 2 is 1.28 bits per heavy atom. The first kappa shape index (κ1) is 19.9. The van der Waals surface area contributed by atoms with Crippen molar-refractivity contribution in [3.63, 3.8) is 0 Å². The van der Waals surface area contributed by atoms with Crippen LogP contribution in [-0.2, 0) is 13.1 Å². The zero-order valence-corrected chi connectivity index (χ0v) is 16.4. The van der Waals surface area contributed by atoms with E-state index in [9.17, 15) is 0 Å². The van der Waals surface area contributed by atoms with Gasteiger partial charge in [0.05, 0.1) is 0 Å². The van der Waals surface area contributed by atoms with Crippen molar-refractivity contribution in [2.24, 2.45) is 16.5 Å². The molecular weight excluding hydrogens is 360 g/mol. The zero-order chi connectivity index (χ0) is 20.6. The molecule has 0 bridgehead atoms. The van der Waals surface area contributed by atoms with Gasteiger partial charge in [-0.25, -0.2) is 0 Å². The highest BCUT2D eigenvalue weighted by Gasteiger charge is 2.01. The maximum Gasteiger partial charge on any atom is 0.125 e. The number of hydrogen-bond acceptors (Lipinski definition) is 4. The van der Waals surface area contributed by atoms with Crippen LogP contribution in [0, 0.1) is 5.41 Å². The van der Waals surface area contributed by atoms with Gasteiger partial charge in [0.1, 0.15) is 11.7 Å². The summed E-state index contributed by atoms with van der Waals surface area (Å²) in [4.78, 5) is 4.00. The summed E-state index contributed by atoms with van der Waals surface area (Å²) in [5, 5.41) is 14.3. The van der Waals surface area contributed by atoms with Gasteiger partial charge in [-0.15, -0.1) is 0 Å². The predicted octanol–water partition coefficient (Wildman–Crippen LogP) is 3.53. The highest BCUT2D eigenvalue weighted by molar-refractivity contribution is 5.97. The van der Waals surface area contributed by atoms with Gasteiger partial charge in [-0.05, 0) is 59.7 Å². The summed E-state index contributed by atoms with van der Waals surface area (Å²) < 4.78 is 0. The maximum absolute atomic E-state index is 7.45. The largest absolute Gasteiger partial charge is 0.384 e. The Kier molecular flexibility index (Phi) is 6.47. The Labute approximate surface area is 171 Å². The van der Waals surface area contributed by atoms with E-state index in [-0.39, 0.29) is 5.84 Å². The Morgan fingerprint density at radius 3 is 1.72 bits per heavy atom. The molecule has 0 aliphatic heterocycles. The number of aliphatic imine (C=N–C) groups is 1. The molecule has 0 amide bonds. The minimum Gasteiger partial charge on any atom is -0.384 e. The number of nitrogens with zero attached hydrogens (tertiary/aromatic N) is 1. The number of benzene rings is 3. The number of anilines is 2. The van der Waals surface area contributed by atoms with Crippen molar-refractivity contribution < 1.29 is 0 Å². The smallest absolute Gasteiger partial charge is 0.125 e. The molecule has 3 aromatic carbocycles. The molecule has 0 heterocycles. The van der Waals surface area contributed by atoms with Crippen molar-refractivity contribution in [1.82, 2.24) is 0 Å². The first-order valence-corrected chi connectivity index (χ1v) is 9.38. The molecule has 6 nitrogen and oxygen atoms in total. The summed E-state index contributed by atoms with van der Waals surface area (Å²) in [6.45, 7) is 1.45. The van der Waals surface area contributed by atoms with Crippen LogP contribution in [-0.4, -0.2) is 18.7 Å². The topological polar surface area (TPSA) is 112 Å². The van der Waals surface area contributed by atoms with E-state index in [0.29, 0.717) is 5.84 Å². The molecule has 0 radical (unpaired) electrons. The molecule has 148 valence electrons. The summed E-state index contributed by atoms with van der Waals surface area (Å²) >= 11 is 0. The van der Waals surface area contributed by atoms with Crippen LogP contribution in [0.3, 0.4) is 0 Å². The van der Waals surface area contributed by atoms with E-state index < -0.39 is 0 Å². The molecule has 6 heteroatoms. The second-order valence-corrected chi connectivity index (χ2v) is 6.70. The molecule has 0 unspecified atom stereocenters. The molecule has 3 rings (SSSR count). The van der Waals surface area contributed by atoms with Gasteiger partial charge < -0.3 is 22.1 Å². The molecule has 0 aliphatic rings. The van der Waals surface area contributed by atoms with Gasteiger partial charge in [-0.2, -0.15) is 0 Å². The Hall–Kier alpha value is -3.80.